The van der Waals surface area contributed by atoms with Gasteiger partial charge < -0.3 is 0 Å². The molecule has 58 valence electrons. The summed E-state index contributed by atoms with van der Waals surface area (Å²) >= 11 is 5.88. The van der Waals surface area contributed by atoms with E-state index in [-0.39, 0.29) is 0 Å². The van der Waals surface area contributed by atoms with Gasteiger partial charge >= 0.3 is 0 Å². The second-order valence-corrected chi connectivity index (χ2v) is 3.27. The summed E-state index contributed by atoms with van der Waals surface area (Å²) in [5.74, 6) is 0. The maximum atomic E-state index is 5.88. The van der Waals surface area contributed by atoms with Crippen molar-refractivity contribution >= 4 is 11.8 Å². The molecule has 1 unspecified atom stereocenters. The molecule has 0 aliphatic carbocycles. The Balaban J connectivity index is 2.17. The van der Waals surface area contributed by atoms with E-state index in [1.807, 2.05) is 10.5 Å². The molecule has 0 saturated carbocycles. The van der Waals surface area contributed by atoms with Crippen LogP contribution in [0.4, 0.5) is 0 Å². The molecule has 11 heavy (non-hydrogen) atoms. The Morgan fingerprint density at radius 2 is 2.00 bits per heavy atom. The molecule has 1 nitrogen and oxygen atoms in total. The summed E-state index contributed by atoms with van der Waals surface area (Å²) in [4.78, 5) is 0. The van der Waals surface area contributed by atoms with E-state index < -0.39 is 0 Å². The summed E-state index contributed by atoms with van der Waals surface area (Å²) in [5.41, 5.74) is 1.33. The fourth-order valence-corrected chi connectivity index (χ4v) is 1.67. The van der Waals surface area contributed by atoms with Gasteiger partial charge in [0.25, 0.3) is 0 Å². The summed E-state index contributed by atoms with van der Waals surface area (Å²) in [6.45, 7) is 1.01. The summed E-state index contributed by atoms with van der Waals surface area (Å²) in [6, 6.07) is 10.8. The molecule has 1 aromatic carbocycles. The van der Waals surface area contributed by atoms with Gasteiger partial charge in [0, 0.05) is 6.54 Å². The first-order valence-corrected chi connectivity index (χ1v) is 4.19. The third kappa shape index (κ3) is 1.26. The molecule has 1 heterocycles. The Bertz CT molecular complexity index is 235. The molecule has 2 heteroatoms. The predicted molar refractivity (Wildman–Crippen MR) is 46.4 cm³/mol. The van der Waals surface area contributed by atoms with Crippen LogP contribution < -0.4 is 0 Å². The lowest BCUT2D eigenvalue weighted by Gasteiger charge is -2.35. The van der Waals surface area contributed by atoms with E-state index in [9.17, 15) is 0 Å². The number of nitrogens with zero attached hydrogens (tertiary/aromatic N) is 1. The largest absolute Gasteiger partial charge is 0.213 e. The van der Waals surface area contributed by atoms with Gasteiger partial charge in [0.2, 0.25) is 0 Å². The fourth-order valence-electron chi connectivity index (χ4n) is 1.36. The molecule has 2 rings (SSSR count). The Hall–Kier alpha value is -0.530. The van der Waals surface area contributed by atoms with E-state index in [0.717, 1.165) is 6.54 Å². The van der Waals surface area contributed by atoms with Gasteiger partial charge in [-0.05, 0) is 23.8 Å². The zero-order chi connectivity index (χ0) is 7.68. The van der Waals surface area contributed by atoms with Crippen molar-refractivity contribution in [2.45, 2.75) is 12.5 Å². The van der Waals surface area contributed by atoms with E-state index in [1.165, 1.54) is 12.0 Å². The maximum Gasteiger partial charge on any atom is 0.0513 e. The van der Waals surface area contributed by atoms with Crippen molar-refractivity contribution in [1.29, 1.82) is 0 Å². The minimum atomic E-state index is 0.456. The molecule has 1 atom stereocenters. The highest BCUT2D eigenvalue weighted by Crippen LogP contribution is 2.34. The lowest BCUT2D eigenvalue weighted by Crippen LogP contribution is -2.32. The number of hydrogen-bond acceptors (Lipinski definition) is 1. The molecule has 0 bridgehead atoms. The lowest BCUT2D eigenvalue weighted by atomic mass is 9.98. The molecular formula is C9H10ClN. The predicted octanol–water partition coefficient (Wildman–Crippen LogP) is 2.59. The van der Waals surface area contributed by atoms with Crippen molar-refractivity contribution in [3.63, 3.8) is 0 Å². The number of rotatable bonds is 1. The highest BCUT2D eigenvalue weighted by atomic mass is 35.5. The first-order valence-electron chi connectivity index (χ1n) is 3.85. The number of benzene rings is 1. The van der Waals surface area contributed by atoms with E-state index in [1.54, 1.807) is 0 Å². The highest BCUT2D eigenvalue weighted by Gasteiger charge is 2.27. The van der Waals surface area contributed by atoms with E-state index in [2.05, 4.69) is 24.3 Å². The van der Waals surface area contributed by atoms with E-state index >= 15 is 0 Å². The van der Waals surface area contributed by atoms with Crippen LogP contribution in [-0.2, 0) is 0 Å². The van der Waals surface area contributed by atoms with Gasteiger partial charge in [0.05, 0.1) is 6.04 Å². The van der Waals surface area contributed by atoms with Crippen LogP contribution in [0.15, 0.2) is 30.3 Å². The normalized spacial score (nSPS) is 24.6. The zero-order valence-corrected chi connectivity index (χ0v) is 6.96. The van der Waals surface area contributed by atoms with Gasteiger partial charge in [0.15, 0.2) is 0 Å². The molecule has 1 aromatic rings. The molecule has 0 spiro atoms. The summed E-state index contributed by atoms with van der Waals surface area (Å²) in [5, 5.41) is 0. The van der Waals surface area contributed by atoms with Gasteiger partial charge in [-0.2, -0.15) is 0 Å². The molecule has 1 fully saturated rings. The average molecular weight is 168 g/mol. The van der Waals surface area contributed by atoms with Crippen molar-refractivity contribution in [1.82, 2.24) is 4.42 Å². The number of hydrogen-bond donors (Lipinski definition) is 0. The number of halogens is 1. The van der Waals surface area contributed by atoms with E-state index in [4.69, 9.17) is 11.8 Å². The molecule has 0 N–H and O–H groups in total. The first-order chi connectivity index (χ1) is 5.38. The smallest absolute Gasteiger partial charge is 0.0513 e. The summed E-state index contributed by atoms with van der Waals surface area (Å²) < 4.78 is 1.86. The van der Waals surface area contributed by atoms with Crippen molar-refractivity contribution in [2.24, 2.45) is 0 Å². The van der Waals surface area contributed by atoms with Crippen LogP contribution >= 0.6 is 11.8 Å². The van der Waals surface area contributed by atoms with Crippen molar-refractivity contribution in [3.8, 4) is 0 Å². The average Bonchev–Trinajstić information content (AvgIpc) is 2.04. The molecule has 1 aliphatic rings. The van der Waals surface area contributed by atoms with Crippen LogP contribution in [-0.4, -0.2) is 11.0 Å². The van der Waals surface area contributed by atoms with Crippen LogP contribution in [0.25, 0.3) is 0 Å². The molecular weight excluding hydrogens is 158 g/mol. The van der Waals surface area contributed by atoms with Gasteiger partial charge in [-0.15, -0.1) is 0 Å². The lowest BCUT2D eigenvalue weighted by molar-refractivity contribution is 0.212. The fraction of sp³-hybridized carbons (Fsp3) is 0.333. The minimum absolute atomic E-state index is 0.456. The van der Waals surface area contributed by atoms with E-state index in [0.29, 0.717) is 6.04 Å². The molecule has 1 aliphatic heterocycles. The summed E-state index contributed by atoms with van der Waals surface area (Å²) in [6.07, 6.45) is 1.19. The molecule has 0 amide bonds. The minimum Gasteiger partial charge on any atom is -0.213 e. The monoisotopic (exact) mass is 167 g/mol. The van der Waals surface area contributed by atoms with Crippen LogP contribution in [0, 0.1) is 0 Å². The maximum absolute atomic E-state index is 5.88. The van der Waals surface area contributed by atoms with Crippen LogP contribution in [0.5, 0.6) is 0 Å². The third-order valence-corrected chi connectivity index (χ3v) is 2.54. The topological polar surface area (TPSA) is 3.24 Å². The molecule has 0 aromatic heterocycles. The third-order valence-electron chi connectivity index (χ3n) is 2.14. The van der Waals surface area contributed by atoms with Crippen molar-refractivity contribution in [3.05, 3.63) is 35.9 Å². The summed E-state index contributed by atoms with van der Waals surface area (Å²) in [7, 11) is 0. The highest BCUT2D eigenvalue weighted by molar-refractivity contribution is 6.14. The Morgan fingerprint density at radius 3 is 2.45 bits per heavy atom. The quantitative estimate of drug-likeness (QED) is 0.582. The van der Waals surface area contributed by atoms with Crippen molar-refractivity contribution in [2.75, 3.05) is 6.54 Å². The Morgan fingerprint density at radius 1 is 1.27 bits per heavy atom. The Labute approximate surface area is 71.7 Å². The second-order valence-electron chi connectivity index (χ2n) is 2.84. The van der Waals surface area contributed by atoms with Gasteiger partial charge in [-0.3, -0.25) is 0 Å². The van der Waals surface area contributed by atoms with Gasteiger partial charge in [-0.25, -0.2) is 4.42 Å². The molecule has 1 saturated heterocycles. The van der Waals surface area contributed by atoms with Gasteiger partial charge in [-0.1, -0.05) is 30.3 Å². The van der Waals surface area contributed by atoms with Crippen LogP contribution in [0.3, 0.4) is 0 Å². The van der Waals surface area contributed by atoms with Crippen molar-refractivity contribution < 1.29 is 0 Å². The van der Waals surface area contributed by atoms with Gasteiger partial charge in [0.1, 0.15) is 0 Å². The van der Waals surface area contributed by atoms with Crippen LogP contribution in [0.1, 0.15) is 18.0 Å². The molecule has 0 radical (unpaired) electrons. The zero-order valence-electron chi connectivity index (χ0n) is 6.20. The second kappa shape index (κ2) is 2.84. The standard InChI is InChI=1S/C9H10ClN/c10-11-7-6-9(11)8-4-2-1-3-5-8/h1-5,9H,6-7H2. The SMILES string of the molecule is ClN1CCC1c1ccccc1. The Kier molecular flexibility index (Phi) is 1.84. The first kappa shape index (κ1) is 7.14. The van der Waals surface area contributed by atoms with Crippen LogP contribution in [0.2, 0.25) is 0 Å².